The predicted octanol–water partition coefficient (Wildman–Crippen LogP) is 2.78. The Hall–Kier alpha value is -3.20. The van der Waals surface area contributed by atoms with Gasteiger partial charge in [0.1, 0.15) is 17.0 Å². The minimum Gasteiger partial charge on any atom is -0.490 e. The summed E-state index contributed by atoms with van der Waals surface area (Å²) in [7, 11) is 2.10. The lowest BCUT2D eigenvalue weighted by molar-refractivity contribution is -0.160. The Balaban J connectivity index is 0.000000183. The maximum atomic E-state index is 12.8. The minimum absolute atomic E-state index is 0.120. The van der Waals surface area contributed by atoms with Gasteiger partial charge in [0.15, 0.2) is 5.89 Å². The number of aromatic nitrogens is 1. The number of fused-ring (bicyclic) bond motifs is 3. The summed E-state index contributed by atoms with van der Waals surface area (Å²) in [5.41, 5.74) is 0.700. The number of piperidine rings is 2. The van der Waals surface area contributed by atoms with Gasteiger partial charge in [0.2, 0.25) is 5.91 Å². The predicted molar refractivity (Wildman–Crippen MR) is 129 cm³/mol. The number of carbonyl (C=O) groups is 3. The number of oxazole rings is 1. The van der Waals surface area contributed by atoms with E-state index >= 15 is 0 Å². The van der Waals surface area contributed by atoms with Crippen LogP contribution >= 0.6 is 0 Å². The van der Waals surface area contributed by atoms with Crippen LogP contribution in [0.3, 0.4) is 0 Å². The first-order valence-electron chi connectivity index (χ1n) is 12.9. The van der Waals surface area contributed by atoms with Crippen LogP contribution in [0, 0.1) is 12.8 Å². The average Bonchev–Trinajstić information content (AvgIpc) is 3.53. The van der Waals surface area contributed by atoms with E-state index in [9.17, 15) is 14.4 Å². The number of nitrogens with one attached hydrogen (secondary N) is 1. The van der Waals surface area contributed by atoms with Crippen LogP contribution < -0.4 is 10.1 Å². The lowest BCUT2D eigenvalue weighted by Gasteiger charge is -2.53. The molecule has 0 atom stereocenters. The van der Waals surface area contributed by atoms with E-state index in [1.165, 1.54) is 12.8 Å². The van der Waals surface area contributed by atoms with Gasteiger partial charge < -0.3 is 19.0 Å². The molecule has 2 aliphatic carbocycles. The van der Waals surface area contributed by atoms with Gasteiger partial charge in [-0.05, 0) is 76.3 Å². The Labute approximate surface area is 210 Å². The van der Waals surface area contributed by atoms with E-state index < -0.39 is 5.54 Å². The fourth-order valence-electron chi connectivity index (χ4n) is 6.13. The van der Waals surface area contributed by atoms with E-state index in [2.05, 4.69) is 22.2 Å². The summed E-state index contributed by atoms with van der Waals surface area (Å²) in [5, 5.41) is 2.41. The highest BCUT2D eigenvalue weighted by atomic mass is 16.5. The molecule has 9 nitrogen and oxygen atoms in total. The monoisotopic (exact) mass is 492 g/mol. The van der Waals surface area contributed by atoms with Crippen LogP contribution in [-0.4, -0.2) is 64.3 Å². The molecule has 0 radical (unpaired) electrons. The van der Waals surface area contributed by atoms with E-state index in [-0.39, 0.29) is 29.7 Å². The molecule has 1 aromatic heterocycles. The topological polar surface area (TPSA) is 105 Å². The van der Waals surface area contributed by atoms with Crippen molar-refractivity contribution in [2.24, 2.45) is 5.92 Å². The van der Waals surface area contributed by atoms with Gasteiger partial charge >= 0.3 is 0 Å². The molecule has 8 rings (SSSR count). The van der Waals surface area contributed by atoms with Gasteiger partial charge in [-0.3, -0.25) is 19.7 Å². The van der Waals surface area contributed by atoms with Crippen molar-refractivity contribution < 1.29 is 23.5 Å². The summed E-state index contributed by atoms with van der Waals surface area (Å²) < 4.78 is 11.4. The smallest absolute Gasteiger partial charge is 0.255 e. The Kier molecular flexibility index (Phi) is 5.63. The number of ether oxygens (including phenoxy) is 1. The molecule has 0 spiro atoms. The maximum Gasteiger partial charge on any atom is 0.255 e. The van der Waals surface area contributed by atoms with Crippen LogP contribution in [0.1, 0.15) is 72.0 Å². The van der Waals surface area contributed by atoms with Crippen LogP contribution in [0.4, 0.5) is 0 Å². The van der Waals surface area contributed by atoms with Crippen LogP contribution in [0.5, 0.6) is 5.75 Å². The van der Waals surface area contributed by atoms with Crippen molar-refractivity contribution in [2.75, 3.05) is 20.1 Å². The first-order valence-corrected chi connectivity index (χ1v) is 12.9. The number of benzene rings is 1. The van der Waals surface area contributed by atoms with E-state index in [0.717, 1.165) is 48.9 Å². The number of likely N-dealkylation sites (tertiary alicyclic amines) is 1. The highest BCUT2D eigenvalue weighted by Crippen LogP contribution is 2.49. The molecule has 6 aliphatic rings. The zero-order valence-corrected chi connectivity index (χ0v) is 20.8. The number of imide groups is 1. The molecule has 1 N–H and O–H groups in total. The van der Waals surface area contributed by atoms with Gasteiger partial charge in [-0.1, -0.05) is 0 Å². The van der Waals surface area contributed by atoms with Crippen molar-refractivity contribution in [2.45, 2.75) is 69.6 Å². The summed E-state index contributed by atoms with van der Waals surface area (Å²) >= 11 is 0. The van der Waals surface area contributed by atoms with Gasteiger partial charge in [-0.25, -0.2) is 4.98 Å². The summed E-state index contributed by atoms with van der Waals surface area (Å²) in [4.78, 5) is 45.0. The zero-order valence-electron chi connectivity index (χ0n) is 20.8. The van der Waals surface area contributed by atoms with E-state index in [1.807, 2.05) is 19.1 Å². The number of hydrogen-bond acceptors (Lipinski definition) is 7. The molecule has 0 unspecified atom stereocenters. The SMILES string of the molecule is Cc1cnc(C2CN(C)C2)o1.O=C1NC(=O)C2(N3Cc4cc(OC5CCCC5)ccc4C3=O)CC1C2. The normalized spacial score (nSPS) is 27.7. The number of amides is 3. The number of hydrogen-bond donors (Lipinski definition) is 1. The van der Waals surface area contributed by atoms with E-state index in [4.69, 9.17) is 9.15 Å². The van der Waals surface area contributed by atoms with Gasteiger partial charge in [-0.15, -0.1) is 0 Å². The summed E-state index contributed by atoms with van der Waals surface area (Å²) in [6.07, 6.45) is 7.53. The number of likely N-dealkylation sites (N-methyl/N-ethyl adjacent to an activating group) is 1. The summed E-state index contributed by atoms with van der Waals surface area (Å²) in [5.74, 6) is 2.35. The van der Waals surface area contributed by atoms with Gasteiger partial charge in [0, 0.05) is 31.1 Å². The van der Waals surface area contributed by atoms with Gasteiger partial charge in [-0.2, -0.15) is 0 Å². The van der Waals surface area contributed by atoms with Crippen molar-refractivity contribution in [3.8, 4) is 5.75 Å². The van der Waals surface area contributed by atoms with Crippen LogP contribution in [0.15, 0.2) is 28.8 Å². The average molecular weight is 493 g/mol. The zero-order chi connectivity index (χ0) is 25.0. The molecule has 5 heterocycles. The molecule has 2 aromatic rings. The lowest BCUT2D eigenvalue weighted by Crippen LogP contribution is -2.73. The van der Waals surface area contributed by atoms with Crippen molar-refractivity contribution in [1.29, 1.82) is 0 Å². The molecule has 4 aliphatic heterocycles. The maximum absolute atomic E-state index is 12.8. The van der Waals surface area contributed by atoms with E-state index in [0.29, 0.717) is 30.9 Å². The van der Waals surface area contributed by atoms with Crippen molar-refractivity contribution in [3.63, 3.8) is 0 Å². The Morgan fingerprint density at radius 2 is 1.86 bits per heavy atom. The van der Waals surface area contributed by atoms with Crippen LogP contribution in [0.25, 0.3) is 0 Å². The number of aryl methyl sites for hydroxylation is 1. The Bertz CT molecular complexity index is 1200. The number of nitrogens with zero attached hydrogens (tertiary/aromatic N) is 3. The Morgan fingerprint density at radius 1 is 1.11 bits per heavy atom. The van der Waals surface area contributed by atoms with Crippen molar-refractivity contribution in [3.05, 3.63) is 47.2 Å². The summed E-state index contributed by atoms with van der Waals surface area (Å²) in [6.45, 7) is 4.50. The largest absolute Gasteiger partial charge is 0.490 e. The molecule has 3 amide bonds. The number of carbonyl (C=O) groups excluding carboxylic acids is 3. The fraction of sp³-hybridized carbons (Fsp3) is 0.556. The van der Waals surface area contributed by atoms with Crippen molar-refractivity contribution in [1.82, 2.24) is 20.1 Å². The first kappa shape index (κ1) is 23.2. The van der Waals surface area contributed by atoms with Crippen LogP contribution in [-0.2, 0) is 16.1 Å². The highest BCUT2D eigenvalue weighted by Gasteiger charge is 2.62. The minimum atomic E-state index is -0.846. The summed E-state index contributed by atoms with van der Waals surface area (Å²) in [6, 6.07) is 5.59. The molecular formula is C27H32N4O5. The van der Waals surface area contributed by atoms with Gasteiger partial charge in [0.25, 0.3) is 11.8 Å². The molecule has 36 heavy (non-hydrogen) atoms. The molecule has 1 aromatic carbocycles. The van der Waals surface area contributed by atoms with Crippen molar-refractivity contribution >= 4 is 17.7 Å². The molecular weight excluding hydrogens is 460 g/mol. The molecule has 2 bridgehead atoms. The van der Waals surface area contributed by atoms with Gasteiger partial charge in [0.05, 0.1) is 18.2 Å². The third-order valence-corrected chi connectivity index (χ3v) is 8.25. The third kappa shape index (κ3) is 3.89. The number of rotatable bonds is 4. The lowest BCUT2D eigenvalue weighted by atomic mass is 9.63. The quantitative estimate of drug-likeness (QED) is 0.655. The fourth-order valence-corrected chi connectivity index (χ4v) is 6.13. The second-order valence-electron chi connectivity index (χ2n) is 10.9. The second-order valence-corrected chi connectivity index (χ2v) is 10.9. The third-order valence-electron chi connectivity index (χ3n) is 8.25. The Morgan fingerprint density at radius 3 is 2.50 bits per heavy atom. The molecule has 190 valence electrons. The highest BCUT2D eigenvalue weighted by molar-refractivity contribution is 6.10. The van der Waals surface area contributed by atoms with E-state index in [1.54, 1.807) is 17.2 Å². The standard InChI is InChI=1S/C19H20N2O4.C8H12N2O/c22-16-12-8-19(9-12,18(24)20-16)21-10-11-7-14(5-6-15(11)17(21)23)25-13-3-1-2-4-13;1-6-3-9-8(11-6)7-4-10(2)5-7/h5-7,12-13H,1-4,8-10H2,(H,20,22,24);3,7H,4-5H2,1-2H3. The molecule has 5 fully saturated rings. The first-order chi connectivity index (χ1) is 17.3. The molecule has 3 saturated heterocycles. The van der Waals surface area contributed by atoms with Crippen LogP contribution in [0.2, 0.25) is 0 Å². The molecule has 2 saturated carbocycles. The molecule has 9 heteroatoms. The second kappa shape index (κ2) is 8.73.